The fraction of sp³-hybridized carbons (Fsp3) is 0.488. The molecular weight excluding hydrogens is 679 g/mol. The second kappa shape index (κ2) is 14.6. The Kier molecular flexibility index (Phi) is 12.4. The summed E-state index contributed by atoms with van der Waals surface area (Å²) in [4.78, 5) is 0. The molecule has 1 saturated carbocycles. The van der Waals surface area contributed by atoms with Gasteiger partial charge in [-0.15, -0.1) is 11.6 Å². The molecule has 0 aromatic heterocycles. The van der Waals surface area contributed by atoms with Crippen LogP contribution in [0.4, 0.5) is 0 Å². The van der Waals surface area contributed by atoms with Crippen LogP contribution in [0.25, 0.3) is 22.3 Å². The third-order valence-electron chi connectivity index (χ3n) is 10.2. The molecule has 0 unspecified atom stereocenters. The zero-order valence-corrected chi connectivity index (χ0v) is 34.2. The van der Waals surface area contributed by atoms with Crippen molar-refractivity contribution in [2.45, 2.75) is 137 Å². The molecular formula is C43H54Cl2Zr-2. The molecule has 3 aromatic carbocycles. The van der Waals surface area contributed by atoms with E-state index in [0.29, 0.717) is 5.41 Å². The number of allylic oxidation sites excluding steroid dienone is 4. The molecule has 0 bridgehead atoms. The average molecular weight is 733 g/mol. The molecule has 246 valence electrons. The zero-order valence-electron chi connectivity index (χ0n) is 30.2. The molecule has 0 N–H and O–H groups in total. The van der Waals surface area contributed by atoms with Gasteiger partial charge in [0.15, 0.2) is 0 Å². The first-order chi connectivity index (χ1) is 20.5. The number of benzene rings is 2. The first kappa shape index (κ1) is 39.0. The number of rotatable bonds is 1. The zero-order chi connectivity index (χ0) is 32.2. The monoisotopic (exact) mass is 730 g/mol. The van der Waals surface area contributed by atoms with Gasteiger partial charge in [-0.25, -0.2) is 11.6 Å². The minimum absolute atomic E-state index is 0. The van der Waals surface area contributed by atoms with E-state index in [-0.39, 0.29) is 35.6 Å². The minimum atomic E-state index is 0. The molecule has 0 amide bonds. The Morgan fingerprint density at radius 1 is 0.783 bits per heavy atom. The summed E-state index contributed by atoms with van der Waals surface area (Å²) in [5, 5.41) is 0. The normalized spacial score (nSPS) is 17.8. The van der Waals surface area contributed by atoms with Gasteiger partial charge in [-0.2, -0.15) is 28.3 Å². The molecule has 0 nitrogen and oxygen atoms in total. The van der Waals surface area contributed by atoms with Crippen molar-refractivity contribution >= 4 is 14.4 Å². The van der Waals surface area contributed by atoms with Gasteiger partial charge < -0.3 is 24.8 Å². The summed E-state index contributed by atoms with van der Waals surface area (Å²) in [7, 11) is 0. The number of aryl methyl sites for hydroxylation is 2. The Morgan fingerprint density at radius 2 is 1.35 bits per heavy atom. The van der Waals surface area contributed by atoms with Crippen LogP contribution in [0.3, 0.4) is 0 Å². The van der Waals surface area contributed by atoms with Crippen molar-refractivity contribution in [1.29, 1.82) is 0 Å². The van der Waals surface area contributed by atoms with Gasteiger partial charge in [-0.3, -0.25) is 6.08 Å². The van der Waals surface area contributed by atoms with Crippen LogP contribution in [0.15, 0.2) is 42.5 Å². The molecule has 46 heavy (non-hydrogen) atoms. The van der Waals surface area contributed by atoms with E-state index in [1.165, 1.54) is 104 Å². The molecule has 3 aromatic rings. The molecule has 1 fully saturated rings. The van der Waals surface area contributed by atoms with Crippen molar-refractivity contribution in [2.24, 2.45) is 0 Å². The second-order valence-corrected chi connectivity index (χ2v) is 17.7. The van der Waals surface area contributed by atoms with Crippen molar-refractivity contribution < 1.29 is 49.0 Å². The van der Waals surface area contributed by atoms with Gasteiger partial charge in [-0.1, -0.05) is 105 Å². The number of hydrogen-bond acceptors (Lipinski definition) is 0. The number of fused-ring (bicyclic) bond motifs is 5. The number of hydrogen-bond donors (Lipinski definition) is 0. The Morgan fingerprint density at radius 3 is 1.85 bits per heavy atom. The molecule has 3 heteroatoms. The predicted molar refractivity (Wildman–Crippen MR) is 190 cm³/mol. The molecule has 0 atom stereocenters. The van der Waals surface area contributed by atoms with Crippen LogP contribution in [0.1, 0.15) is 151 Å². The van der Waals surface area contributed by atoms with Crippen LogP contribution in [0.5, 0.6) is 0 Å². The Balaban J connectivity index is 0.000000230. The van der Waals surface area contributed by atoms with Gasteiger partial charge in [0.05, 0.1) is 0 Å². The summed E-state index contributed by atoms with van der Waals surface area (Å²) in [6.45, 7) is 24.9. The van der Waals surface area contributed by atoms with Crippen LogP contribution in [-0.4, -0.2) is 3.21 Å². The van der Waals surface area contributed by atoms with E-state index >= 15 is 0 Å². The summed E-state index contributed by atoms with van der Waals surface area (Å²) in [6, 6.07) is 14.4. The Hall–Kier alpha value is -1.40. The van der Waals surface area contributed by atoms with Gasteiger partial charge in [-0.05, 0) is 58.4 Å². The van der Waals surface area contributed by atoms with E-state index < -0.39 is 0 Å². The standard InChI is InChI=1S/C25H25.C12H19.C6H10.2ClH.Zr/c1-14-12-24(3,4)22-8-16-7-17-9-23-19(15(2)13-25(23,5)6)11-21(17)20(16)10-18(14)22;1-6-10-7-9(2)8-11(10)12(3,4)5;1-2-4-6-5-3-1;;;/h8-12H,7H2,1-6H3;7-8H,6H2,1-5H3;1-5H2;2*1H;/q2*-1;;;;+2/p-2. The third kappa shape index (κ3) is 7.90. The van der Waals surface area contributed by atoms with Crippen molar-refractivity contribution in [3.8, 4) is 11.1 Å². The van der Waals surface area contributed by atoms with Gasteiger partial charge in [0.1, 0.15) is 0 Å². The molecule has 7 rings (SSSR count). The first-order valence-electron chi connectivity index (χ1n) is 17.0. The molecule has 0 radical (unpaired) electrons. The second-order valence-electron chi connectivity index (χ2n) is 16.0. The van der Waals surface area contributed by atoms with Crippen LogP contribution < -0.4 is 24.8 Å². The summed E-state index contributed by atoms with van der Waals surface area (Å²) in [5.74, 6) is 0. The summed E-state index contributed by atoms with van der Waals surface area (Å²) in [6.07, 6.45) is 15.6. The van der Waals surface area contributed by atoms with Crippen molar-refractivity contribution in [3.63, 3.8) is 0 Å². The summed E-state index contributed by atoms with van der Waals surface area (Å²) >= 11 is 1.69. The molecule has 0 spiro atoms. The maximum atomic E-state index is 3.65. The molecule has 0 aliphatic heterocycles. The fourth-order valence-corrected chi connectivity index (χ4v) is 8.83. The van der Waals surface area contributed by atoms with E-state index in [1.807, 2.05) is 0 Å². The fourth-order valence-electron chi connectivity index (χ4n) is 7.96. The van der Waals surface area contributed by atoms with Gasteiger partial charge in [0, 0.05) is 5.41 Å². The van der Waals surface area contributed by atoms with Crippen LogP contribution >= 0.6 is 0 Å². The SMILES string of the molecule is CC1=[C-]C(C)(C)c2cc3c(cc21)-c1cc2c(cc1C3)C(C)(C)C=C2C.CCc1[cH-]c(C)cc1C(C)(C)C.[Cl-].[Cl-].[Zr+2]=[C]1CCCCC1. The molecule has 4 aliphatic rings. The maximum absolute atomic E-state index is 3.65. The summed E-state index contributed by atoms with van der Waals surface area (Å²) < 4.78 is 1.80. The van der Waals surface area contributed by atoms with Crippen LogP contribution in [-0.2, 0) is 53.3 Å². The van der Waals surface area contributed by atoms with E-state index in [4.69, 9.17) is 0 Å². The predicted octanol–water partition coefficient (Wildman–Crippen LogP) is 5.70. The Bertz CT molecular complexity index is 1570. The average Bonchev–Trinajstić information content (AvgIpc) is 3.63. The third-order valence-corrected chi connectivity index (χ3v) is 11.4. The molecule has 0 saturated heterocycles. The molecule has 4 aliphatic carbocycles. The number of halogens is 2. The van der Waals surface area contributed by atoms with Crippen LogP contribution in [0.2, 0.25) is 0 Å². The van der Waals surface area contributed by atoms with E-state index in [2.05, 4.69) is 125 Å². The Labute approximate surface area is 308 Å². The van der Waals surface area contributed by atoms with Gasteiger partial charge in [0.25, 0.3) is 0 Å². The van der Waals surface area contributed by atoms with Gasteiger partial charge in [0.2, 0.25) is 0 Å². The van der Waals surface area contributed by atoms with Crippen LogP contribution in [0, 0.1) is 13.0 Å². The first-order valence-corrected chi connectivity index (χ1v) is 18.2. The van der Waals surface area contributed by atoms with E-state index in [1.54, 1.807) is 27.4 Å². The molecule has 0 heterocycles. The summed E-state index contributed by atoms with van der Waals surface area (Å²) in [5.41, 5.74) is 19.3. The van der Waals surface area contributed by atoms with Crippen molar-refractivity contribution in [2.75, 3.05) is 0 Å². The quantitative estimate of drug-likeness (QED) is 0.221. The van der Waals surface area contributed by atoms with Crippen molar-refractivity contribution in [1.82, 2.24) is 0 Å². The van der Waals surface area contributed by atoms with E-state index in [9.17, 15) is 0 Å². The van der Waals surface area contributed by atoms with Crippen molar-refractivity contribution in [3.05, 3.63) is 98.6 Å². The topological polar surface area (TPSA) is 0 Å². The van der Waals surface area contributed by atoms with Gasteiger partial charge >= 0.3 is 59.5 Å². The van der Waals surface area contributed by atoms with E-state index in [0.717, 1.165) is 12.8 Å².